The average Bonchev–Trinajstić information content (AvgIpc) is 3.27. The average molecular weight is 432 g/mol. The van der Waals surface area contributed by atoms with Crippen LogP contribution in [0.3, 0.4) is 0 Å². The Morgan fingerprint density at radius 2 is 2.10 bits per heavy atom. The number of furan rings is 1. The lowest BCUT2D eigenvalue weighted by Crippen LogP contribution is -2.35. The summed E-state index contributed by atoms with van der Waals surface area (Å²) in [5.41, 5.74) is 1.37. The van der Waals surface area contributed by atoms with Gasteiger partial charge in [0, 0.05) is 30.2 Å². The monoisotopic (exact) mass is 431 g/mol. The Bertz CT molecular complexity index is 921. The maximum Gasteiger partial charge on any atom is 0.306 e. The lowest BCUT2D eigenvalue weighted by Gasteiger charge is -2.22. The van der Waals surface area contributed by atoms with E-state index >= 15 is 0 Å². The molecule has 1 heterocycles. The highest BCUT2D eigenvalue weighted by Crippen LogP contribution is 2.23. The maximum absolute atomic E-state index is 12.5. The van der Waals surface area contributed by atoms with Gasteiger partial charge in [0.1, 0.15) is 0 Å². The van der Waals surface area contributed by atoms with Crippen molar-refractivity contribution in [1.29, 1.82) is 5.26 Å². The molecule has 1 N–H and O–H groups in total. The zero-order chi connectivity index (χ0) is 21.9. The van der Waals surface area contributed by atoms with Crippen LogP contribution < -0.4 is 10.2 Å². The number of esters is 1. The number of carbonyl (C=O) groups excluding carboxylic acids is 3. The Kier molecular flexibility index (Phi) is 8.91. The summed E-state index contributed by atoms with van der Waals surface area (Å²) in [6, 6.07) is 10.2. The van der Waals surface area contributed by atoms with Gasteiger partial charge in [-0.25, -0.2) is 0 Å². The van der Waals surface area contributed by atoms with Crippen molar-refractivity contribution >= 4 is 35.1 Å². The number of amides is 2. The maximum atomic E-state index is 12.5. The fourth-order valence-corrected chi connectivity index (χ4v) is 2.70. The Balaban J connectivity index is 1.79. The lowest BCUT2D eigenvalue weighted by atomic mass is 10.2. The zero-order valence-corrected chi connectivity index (χ0v) is 17.3. The van der Waals surface area contributed by atoms with Crippen molar-refractivity contribution in [2.24, 2.45) is 0 Å². The molecule has 0 aliphatic heterocycles. The molecule has 0 bridgehead atoms. The number of anilines is 1. The first-order valence-electron chi connectivity index (χ1n) is 9.33. The predicted molar refractivity (Wildman–Crippen MR) is 110 cm³/mol. The molecule has 8 nitrogen and oxygen atoms in total. The molecule has 0 radical (unpaired) electrons. The molecule has 0 unspecified atom stereocenters. The first-order chi connectivity index (χ1) is 14.4. The number of halogens is 1. The van der Waals surface area contributed by atoms with Crippen LogP contribution in [-0.2, 0) is 14.3 Å². The van der Waals surface area contributed by atoms with Crippen LogP contribution in [0.25, 0.3) is 0 Å². The molecule has 0 aliphatic carbocycles. The van der Waals surface area contributed by atoms with Gasteiger partial charge in [-0.15, -0.1) is 0 Å². The van der Waals surface area contributed by atoms with E-state index in [1.54, 1.807) is 24.3 Å². The largest absolute Gasteiger partial charge is 0.459 e. The summed E-state index contributed by atoms with van der Waals surface area (Å²) >= 11 is 6.02. The van der Waals surface area contributed by atoms with E-state index in [2.05, 4.69) is 5.32 Å². The highest BCUT2D eigenvalue weighted by molar-refractivity contribution is 6.31. The number of rotatable bonds is 10. The second-order valence-corrected chi connectivity index (χ2v) is 6.79. The molecule has 0 aliphatic rings. The number of nitriles is 1. The van der Waals surface area contributed by atoms with E-state index < -0.39 is 18.5 Å². The molecule has 0 saturated heterocycles. The summed E-state index contributed by atoms with van der Waals surface area (Å²) in [5, 5.41) is 12.0. The summed E-state index contributed by atoms with van der Waals surface area (Å²) in [5.74, 6) is -1.16. The van der Waals surface area contributed by atoms with Crippen molar-refractivity contribution in [3.63, 3.8) is 0 Å². The molecular weight excluding hydrogens is 410 g/mol. The molecule has 9 heteroatoms. The molecule has 0 spiro atoms. The molecule has 0 atom stereocenters. The van der Waals surface area contributed by atoms with Crippen LogP contribution in [0.5, 0.6) is 0 Å². The molecule has 0 fully saturated rings. The summed E-state index contributed by atoms with van der Waals surface area (Å²) in [6.07, 6.45) is 1.93. The van der Waals surface area contributed by atoms with E-state index in [0.717, 1.165) is 5.56 Å². The van der Waals surface area contributed by atoms with Crippen LogP contribution >= 0.6 is 11.6 Å². The smallest absolute Gasteiger partial charge is 0.306 e. The number of hydrogen-bond donors (Lipinski definition) is 1. The minimum atomic E-state index is -0.553. The predicted octanol–water partition coefficient (Wildman–Crippen LogP) is 3.24. The van der Waals surface area contributed by atoms with Gasteiger partial charge in [0.15, 0.2) is 12.4 Å². The van der Waals surface area contributed by atoms with Crippen LogP contribution in [0.1, 0.15) is 35.4 Å². The molecule has 30 heavy (non-hydrogen) atoms. The number of benzene rings is 1. The summed E-state index contributed by atoms with van der Waals surface area (Å²) < 4.78 is 10.0. The molecular formula is C21H22ClN3O5. The summed E-state index contributed by atoms with van der Waals surface area (Å²) in [6.45, 7) is 1.81. The molecule has 1 aromatic carbocycles. The molecule has 0 saturated carbocycles. The van der Waals surface area contributed by atoms with Crippen molar-refractivity contribution in [2.45, 2.75) is 26.2 Å². The van der Waals surface area contributed by atoms with E-state index in [1.807, 2.05) is 13.0 Å². The number of carbonyl (C=O) groups is 3. The molecule has 158 valence electrons. The molecule has 1 aromatic heterocycles. The van der Waals surface area contributed by atoms with Gasteiger partial charge < -0.3 is 19.4 Å². The first kappa shape index (κ1) is 23.0. The van der Waals surface area contributed by atoms with Gasteiger partial charge in [0.25, 0.3) is 11.8 Å². The van der Waals surface area contributed by atoms with Crippen molar-refractivity contribution in [3.05, 3.63) is 52.9 Å². The van der Waals surface area contributed by atoms with Gasteiger partial charge in [0.05, 0.1) is 18.8 Å². The lowest BCUT2D eigenvalue weighted by molar-refractivity contribution is -0.147. The normalized spacial score (nSPS) is 10.2. The molecule has 2 amide bonds. The van der Waals surface area contributed by atoms with E-state index in [0.29, 0.717) is 17.1 Å². The fraction of sp³-hybridized carbons (Fsp3) is 0.333. The van der Waals surface area contributed by atoms with Gasteiger partial charge in [-0.2, -0.15) is 5.26 Å². The Labute approximate surface area is 179 Å². The van der Waals surface area contributed by atoms with Crippen LogP contribution in [-0.4, -0.2) is 37.5 Å². The minimum Gasteiger partial charge on any atom is -0.459 e. The second kappa shape index (κ2) is 11.6. The second-order valence-electron chi connectivity index (χ2n) is 6.38. The Hall–Kier alpha value is -3.31. The van der Waals surface area contributed by atoms with E-state index in [-0.39, 0.29) is 37.6 Å². The molecule has 2 rings (SSSR count). The Morgan fingerprint density at radius 3 is 2.77 bits per heavy atom. The van der Waals surface area contributed by atoms with Crippen molar-refractivity contribution in [1.82, 2.24) is 5.32 Å². The van der Waals surface area contributed by atoms with Gasteiger partial charge in [0.2, 0.25) is 0 Å². The van der Waals surface area contributed by atoms with Crippen LogP contribution in [0, 0.1) is 18.3 Å². The van der Waals surface area contributed by atoms with Crippen molar-refractivity contribution in [3.8, 4) is 6.07 Å². The third-order valence-corrected chi connectivity index (χ3v) is 4.57. The molecule has 2 aromatic rings. The third kappa shape index (κ3) is 6.94. The number of ether oxygens (including phenoxy) is 1. The number of nitrogens with one attached hydrogen (secondary N) is 1. The first-order valence-corrected chi connectivity index (χ1v) is 9.71. The highest BCUT2D eigenvalue weighted by Gasteiger charge is 2.18. The quantitative estimate of drug-likeness (QED) is 0.456. The SMILES string of the molecule is Cc1cc(N(CCC#N)C(=O)COC(=O)CCCNC(=O)c2ccco2)ccc1Cl. The van der Waals surface area contributed by atoms with Gasteiger partial charge in [-0.05, 0) is 49.2 Å². The van der Waals surface area contributed by atoms with Gasteiger partial charge in [-0.1, -0.05) is 11.6 Å². The van der Waals surface area contributed by atoms with E-state index in [9.17, 15) is 14.4 Å². The number of aryl methyl sites for hydroxylation is 1. The topological polar surface area (TPSA) is 113 Å². The minimum absolute atomic E-state index is 0.0456. The number of hydrogen-bond acceptors (Lipinski definition) is 6. The highest BCUT2D eigenvalue weighted by atomic mass is 35.5. The van der Waals surface area contributed by atoms with E-state index in [1.165, 1.54) is 17.2 Å². The summed E-state index contributed by atoms with van der Waals surface area (Å²) in [4.78, 5) is 37.5. The van der Waals surface area contributed by atoms with Crippen LogP contribution in [0.4, 0.5) is 5.69 Å². The van der Waals surface area contributed by atoms with Gasteiger partial charge >= 0.3 is 5.97 Å². The van der Waals surface area contributed by atoms with Crippen LogP contribution in [0.2, 0.25) is 5.02 Å². The fourth-order valence-electron chi connectivity index (χ4n) is 2.58. The Morgan fingerprint density at radius 1 is 1.30 bits per heavy atom. The third-order valence-electron chi connectivity index (χ3n) is 4.15. The summed E-state index contributed by atoms with van der Waals surface area (Å²) in [7, 11) is 0. The van der Waals surface area contributed by atoms with E-state index in [4.69, 9.17) is 26.0 Å². The van der Waals surface area contributed by atoms with Crippen LogP contribution in [0.15, 0.2) is 41.0 Å². The zero-order valence-electron chi connectivity index (χ0n) is 16.5. The number of nitrogens with zero attached hydrogens (tertiary/aromatic N) is 2. The van der Waals surface area contributed by atoms with Gasteiger partial charge in [-0.3, -0.25) is 14.4 Å². The van der Waals surface area contributed by atoms with Crippen molar-refractivity contribution < 1.29 is 23.5 Å². The van der Waals surface area contributed by atoms with Crippen molar-refractivity contribution in [2.75, 3.05) is 24.6 Å². The standard InChI is InChI=1S/C21H22ClN3O5/c1-15-13-16(7-8-17(15)22)25(11-4-9-23)19(26)14-30-20(27)6-2-10-24-21(28)18-5-3-12-29-18/h3,5,7-8,12-13H,2,4,6,10-11,14H2,1H3,(H,24,28).